The number of carbonyl (C=O) groups excluding carboxylic acids is 2. The second kappa shape index (κ2) is 12.9. The number of hydrogen-bond donors (Lipinski definition) is 0. The van der Waals surface area contributed by atoms with E-state index in [1.54, 1.807) is 66.4 Å². The average molecular weight is 632 g/mol. The predicted molar refractivity (Wildman–Crippen MR) is 162 cm³/mol. The zero-order valence-corrected chi connectivity index (χ0v) is 26.3. The summed E-state index contributed by atoms with van der Waals surface area (Å²) in [5.74, 6) is -0.155. The molecule has 3 aromatic rings. The first-order valence-corrected chi connectivity index (χ1v) is 15.4. The first kappa shape index (κ1) is 31.6. The molecule has 1 aliphatic heterocycles. The molecule has 42 heavy (non-hydrogen) atoms. The zero-order chi connectivity index (χ0) is 30.8. The van der Waals surface area contributed by atoms with Gasteiger partial charge in [0, 0.05) is 18.8 Å². The number of allylic oxidation sites excluding steroid dienone is 1. The Morgan fingerprint density at radius 2 is 1.71 bits per heavy atom. The van der Waals surface area contributed by atoms with Gasteiger partial charge in [0.15, 0.2) is 0 Å². The summed E-state index contributed by atoms with van der Waals surface area (Å²) in [6.45, 7) is 7.88. The molecule has 0 aliphatic carbocycles. The van der Waals surface area contributed by atoms with E-state index in [4.69, 9.17) is 32.4 Å². The number of rotatable bonds is 10. The fourth-order valence-electron chi connectivity index (χ4n) is 4.61. The van der Waals surface area contributed by atoms with Crippen LogP contribution in [-0.4, -0.2) is 43.2 Å². The van der Waals surface area contributed by atoms with Crippen molar-refractivity contribution in [3.8, 4) is 0 Å². The second-order valence-corrected chi connectivity index (χ2v) is 13.2. The highest BCUT2D eigenvalue weighted by Crippen LogP contribution is 2.33. The largest absolute Gasteiger partial charge is 0.465 e. The summed E-state index contributed by atoms with van der Waals surface area (Å²) in [6, 6.07) is 14.8. The number of amides is 1. The number of ether oxygens (including phenoxy) is 1. The van der Waals surface area contributed by atoms with E-state index in [-0.39, 0.29) is 46.7 Å². The summed E-state index contributed by atoms with van der Waals surface area (Å²) in [6.07, 6.45) is 1.49. The van der Waals surface area contributed by atoms with Crippen LogP contribution >= 0.6 is 23.2 Å². The molecule has 1 aromatic heterocycles. The topological polar surface area (TPSA) is 97.1 Å². The van der Waals surface area contributed by atoms with Gasteiger partial charge in [-0.1, -0.05) is 60.8 Å². The average Bonchev–Trinajstić information content (AvgIpc) is 3.47. The highest BCUT2D eigenvalue weighted by atomic mass is 35.5. The maximum absolute atomic E-state index is 13.7. The number of esters is 1. The number of benzene rings is 2. The van der Waals surface area contributed by atoms with E-state index >= 15 is 0 Å². The Hall–Kier alpha value is -3.37. The lowest BCUT2D eigenvalue weighted by atomic mass is 10.1. The number of halogens is 2. The molecule has 4 rings (SSSR count). The van der Waals surface area contributed by atoms with Crippen LogP contribution in [0.3, 0.4) is 0 Å². The van der Waals surface area contributed by atoms with Crippen molar-refractivity contribution in [1.29, 1.82) is 0 Å². The van der Waals surface area contributed by atoms with Crippen LogP contribution in [0.15, 0.2) is 80.8 Å². The minimum Gasteiger partial charge on any atom is -0.465 e. The molecule has 1 amide bonds. The van der Waals surface area contributed by atoms with Gasteiger partial charge in [-0.25, -0.2) is 13.2 Å². The fraction of sp³-hybridized carbons (Fsp3) is 0.290. The monoisotopic (exact) mass is 630 g/mol. The Morgan fingerprint density at radius 1 is 1.02 bits per heavy atom. The van der Waals surface area contributed by atoms with E-state index in [2.05, 4.69) is 0 Å². The summed E-state index contributed by atoms with van der Waals surface area (Å²) >= 11 is 12.3. The summed E-state index contributed by atoms with van der Waals surface area (Å²) in [5.41, 5.74) is 2.40. The molecule has 0 spiro atoms. The maximum atomic E-state index is 13.7. The number of aryl methyl sites for hydroxylation is 1. The molecular weight excluding hydrogens is 599 g/mol. The van der Waals surface area contributed by atoms with Gasteiger partial charge in [0.05, 0.1) is 39.7 Å². The Labute approximate surface area is 256 Å². The van der Waals surface area contributed by atoms with Crippen LogP contribution in [0.25, 0.3) is 6.08 Å². The molecule has 0 saturated heterocycles. The van der Waals surface area contributed by atoms with Crippen molar-refractivity contribution in [2.75, 3.05) is 13.7 Å². The molecule has 2 heterocycles. The van der Waals surface area contributed by atoms with Gasteiger partial charge in [-0.05, 0) is 67.8 Å². The first-order chi connectivity index (χ1) is 19.8. The summed E-state index contributed by atoms with van der Waals surface area (Å²) < 4.78 is 39.7. The molecule has 0 radical (unpaired) electrons. The Bertz CT molecular complexity index is 1670. The van der Waals surface area contributed by atoms with E-state index in [0.29, 0.717) is 33.6 Å². The molecule has 0 fully saturated rings. The molecule has 2 aromatic carbocycles. The summed E-state index contributed by atoms with van der Waals surface area (Å²) in [4.78, 5) is 27.6. The van der Waals surface area contributed by atoms with Crippen molar-refractivity contribution in [3.05, 3.63) is 104 Å². The normalized spacial score (nSPS) is 15.0. The van der Waals surface area contributed by atoms with E-state index in [0.717, 1.165) is 5.56 Å². The SMILES string of the molecule is COC(=O)C1=C(C)N(CC(C)C)C(=O)/C1=C/c1ccc(CN(Cc2ccc(Cl)c(Cl)c2)S(=O)(=O)c2ccc(C)cc2)o1. The molecule has 0 saturated carbocycles. The quantitative estimate of drug-likeness (QED) is 0.185. The minimum atomic E-state index is -3.96. The van der Waals surface area contributed by atoms with Crippen LogP contribution < -0.4 is 0 Å². The zero-order valence-electron chi connectivity index (χ0n) is 24.0. The molecule has 0 N–H and O–H groups in total. The van der Waals surface area contributed by atoms with Crippen molar-refractivity contribution < 1.29 is 27.2 Å². The molecule has 222 valence electrons. The number of sulfonamides is 1. The van der Waals surface area contributed by atoms with Gasteiger partial charge < -0.3 is 14.1 Å². The van der Waals surface area contributed by atoms with Crippen LogP contribution in [0, 0.1) is 12.8 Å². The first-order valence-electron chi connectivity index (χ1n) is 13.2. The smallest absolute Gasteiger partial charge is 0.340 e. The Morgan fingerprint density at radius 3 is 2.33 bits per heavy atom. The van der Waals surface area contributed by atoms with E-state index < -0.39 is 16.0 Å². The number of hydrogen-bond acceptors (Lipinski definition) is 6. The molecule has 1 aliphatic rings. The van der Waals surface area contributed by atoms with Gasteiger partial charge in [-0.3, -0.25) is 4.79 Å². The Balaban J connectivity index is 1.68. The van der Waals surface area contributed by atoms with Gasteiger partial charge in [0.1, 0.15) is 11.5 Å². The van der Waals surface area contributed by atoms with Gasteiger partial charge >= 0.3 is 5.97 Å². The second-order valence-electron chi connectivity index (χ2n) is 10.5. The van der Waals surface area contributed by atoms with E-state index in [9.17, 15) is 18.0 Å². The highest BCUT2D eigenvalue weighted by Gasteiger charge is 2.37. The van der Waals surface area contributed by atoms with Crippen molar-refractivity contribution in [2.45, 2.75) is 45.7 Å². The van der Waals surface area contributed by atoms with Crippen molar-refractivity contribution >= 4 is 51.2 Å². The molecule has 11 heteroatoms. The number of furan rings is 1. The van der Waals surface area contributed by atoms with Crippen LogP contribution in [0.1, 0.15) is 43.4 Å². The van der Waals surface area contributed by atoms with Crippen LogP contribution in [0.4, 0.5) is 0 Å². The summed E-state index contributed by atoms with van der Waals surface area (Å²) in [7, 11) is -2.69. The lowest BCUT2D eigenvalue weighted by Gasteiger charge is -2.22. The summed E-state index contributed by atoms with van der Waals surface area (Å²) in [5, 5.41) is 0.673. The Kier molecular flexibility index (Phi) is 9.67. The van der Waals surface area contributed by atoms with Crippen LogP contribution in [-0.2, 0) is 37.4 Å². The van der Waals surface area contributed by atoms with E-state index in [1.807, 2.05) is 20.8 Å². The molecule has 8 nitrogen and oxygen atoms in total. The van der Waals surface area contributed by atoms with Crippen molar-refractivity contribution in [2.24, 2.45) is 5.92 Å². The van der Waals surface area contributed by atoms with E-state index in [1.165, 1.54) is 17.5 Å². The van der Waals surface area contributed by atoms with Gasteiger partial charge in [-0.2, -0.15) is 4.31 Å². The lowest BCUT2D eigenvalue weighted by Crippen LogP contribution is -2.30. The van der Waals surface area contributed by atoms with Gasteiger partial charge in [-0.15, -0.1) is 0 Å². The lowest BCUT2D eigenvalue weighted by molar-refractivity contribution is -0.136. The molecule has 0 unspecified atom stereocenters. The number of methoxy groups -OCH3 is 1. The standard InChI is InChI=1S/C31H32Cl2N2O6S/c1-19(2)16-35-21(4)29(31(37)40-5)26(30(35)36)15-23-9-10-24(41-23)18-34(17-22-8-13-27(32)28(33)14-22)42(38,39)25-11-6-20(3)7-12-25/h6-15,19H,16-18H2,1-5H3/b26-15+. The number of nitrogens with zero attached hydrogens (tertiary/aromatic N) is 2. The third-order valence-electron chi connectivity index (χ3n) is 6.75. The number of carbonyl (C=O) groups is 2. The van der Waals surface area contributed by atoms with Crippen LogP contribution in [0.2, 0.25) is 10.0 Å². The van der Waals surface area contributed by atoms with Crippen LogP contribution in [0.5, 0.6) is 0 Å². The molecular formula is C31H32Cl2N2O6S. The minimum absolute atomic E-state index is 0.00128. The van der Waals surface area contributed by atoms with Crippen molar-refractivity contribution in [1.82, 2.24) is 9.21 Å². The highest BCUT2D eigenvalue weighted by molar-refractivity contribution is 7.89. The molecule has 0 atom stereocenters. The van der Waals surface area contributed by atoms with Gasteiger partial charge in [0.2, 0.25) is 10.0 Å². The molecule has 0 bridgehead atoms. The maximum Gasteiger partial charge on any atom is 0.340 e. The van der Waals surface area contributed by atoms with Crippen molar-refractivity contribution in [3.63, 3.8) is 0 Å². The van der Waals surface area contributed by atoms with Gasteiger partial charge in [0.25, 0.3) is 5.91 Å². The third kappa shape index (κ3) is 6.81. The fourth-order valence-corrected chi connectivity index (χ4v) is 6.33. The third-order valence-corrected chi connectivity index (χ3v) is 9.30. The predicted octanol–water partition coefficient (Wildman–Crippen LogP) is 6.61.